The third kappa shape index (κ3) is 4.69. The van der Waals surface area contributed by atoms with Gasteiger partial charge >= 0.3 is 0 Å². The van der Waals surface area contributed by atoms with Gasteiger partial charge in [-0.3, -0.25) is 0 Å². The van der Waals surface area contributed by atoms with Crippen LogP contribution in [0.3, 0.4) is 0 Å². The normalized spacial score (nSPS) is 14.5. The maximum Gasteiger partial charge on any atom is -0.0152 e. The average Bonchev–Trinajstić information content (AvgIpc) is 2.36. The summed E-state index contributed by atoms with van der Waals surface area (Å²) in [5.74, 6) is 0. The van der Waals surface area contributed by atoms with E-state index < -0.39 is 0 Å². The van der Waals surface area contributed by atoms with Crippen LogP contribution in [0.1, 0.15) is 20.8 Å². The number of rotatable bonds is 6. The summed E-state index contributed by atoms with van der Waals surface area (Å²) in [6.07, 6.45) is 13.5. The van der Waals surface area contributed by atoms with Crippen molar-refractivity contribution >= 4 is 0 Å². The Bertz CT molecular complexity index is 409. The largest absolute Gasteiger partial charge is 0.0991 e. The molecule has 0 atom stereocenters. The Kier molecular flexibility index (Phi) is 7.45. The Morgan fingerprint density at radius 1 is 1.00 bits per heavy atom. The summed E-state index contributed by atoms with van der Waals surface area (Å²) < 4.78 is 0. The van der Waals surface area contributed by atoms with E-state index in [1.54, 1.807) is 12.2 Å². The molecule has 90 valence electrons. The molecule has 0 rings (SSSR count). The number of allylic oxidation sites excluding steroid dienone is 11. The van der Waals surface area contributed by atoms with Crippen molar-refractivity contribution in [3.63, 3.8) is 0 Å². The van der Waals surface area contributed by atoms with Gasteiger partial charge in [0, 0.05) is 0 Å². The first-order valence-electron chi connectivity index (χ1n) is 5.71. The number of hydrogen-bond donors (Lipinski definition) is 0. The highest BCUT2D eigenvalue weighted by molar-refractivity contribution is 5.56. The molecule has 17 heavy (non-hydrogen) atoms. The summed E-state index contributed by atoms with van der Waals surface area (Å²) in [6.45, 7) is 17.5. The van der Waals surface area contributed by atoms with Crippen molar-refractivity contribution in [1.82, 2.24) is 0 Å². The summed E-state index contributed by atoms with van der Waals surface area (Å²) >= 11 is 0. The lowest BCUT2D eigenvalue weighted by molar-refractivity contribution is 1.31. The Morgan fingerprint density at radius 3 is 2.06 bits per heavy atom. The van der Waals surface area contributed by atoms with Gasteiger partial charge < -0.3 is 0 Å². The van der Waals surface area contributed by atoms with Crippen LogP contribution >= 0.6 is 0 Å². The van der Waals surface area contributed by atoms with Crippen molar-refractivity contribution in [2.75, 3.05) is 0 Å². The van der Waals surface area contributed by atoms with Crippen LogP contribution in [0.25, 0.3) is 0 Å². The van der Waals surface area contributed by atoms with E-state index in [4.69, 9.17) is 0 Å². The molecule has 0 nitrogen and oxygen atoms in total. The second-order valence-corrected chi connectivity index (χ2v) is 3.68. The van der Waals surface area contributed by atoms with Gasteiger partial charge in [-0.1, -0.05) is 62.3 Å². The molecule has 0 aliphatic carbocycles. The van der Waals surface area contributed by atoms with Crippen LogP contribution in [0.4, 0.5) is 0 Å². The molecule has 0 aromatic heterocycles. The average molecular weight is 226 g/mol. The van der Waals surface area contributed by atoms with Crippen molar-refractivity contribution in [3.05, 3.63) is 84.6 Å². The first-order valence-corrected chi connectivity index (χ1v) is 5.71. The van der Waals surface area contributed by atoms with Crippen molar-refractivity contribution < 1.29 is 0 Å². The lowest BCUT2D eigenvalue weighted by Gasteiger charge is -2.11. The standard InChI is InChI=1S/C17H22/c1-7-11-13-17(15(6)10-4)16(12-8-2)14(5)9-3/h7-13H,1-2,4H2,3,5-6H3/b13-11-,14-9-,16-12+,17-15+. The summed E-state index contributed by atoms with van der Waals surface area (Å²) in [5, 5.41) is 0. The SMILES string of the molecule is C=C\C=C/C(C(=C/C=C)/C(C)=C\C)=C(/C)C=C. The highest BCUT2D eigenvalue weighted by Crippen LogP contribution is 2.24. The van der Waals surface area contributed by atoms with Crippen molar-refractivity contribution in [1.29, 1.82) is 0 Å². The molecule has 0 N–H and O–H groups in total. The minimum atomic E-state index is 1.14. The molecule has 0 aliphatic heterocycles. The van der Waals surface area contributed by atoms with E-state index in [0.717, 1.165) is 16.7 Å². The fraction of sp³-hybridized carbons (Fsp3) is 0.176. The molecular weight excluding hydrogens is 204 g/mol. The predicted molar refractivity (Wildman–Crippen MR) is 79.9 cm³/mol. The molecule has 0 bridgehead atoms. The minimum Gasteiger partial charge on any atom is -0.0991 e. The maximum absolute atomic E-state index is 3.83. The molecular formula is C17H22. The third-order valence-electron chi connectivity index (χ3n) is 2.56. The van der Waals surface area contributed by atoms with E-state index in [1.807, 2.05) is 31.2 Å². The van der Waals surface area contributed by atoms with Crippen LogP contribution in [-0.2, 0) is 0 Å². The lowest BCUT2D eigenvalue weighted by Crippen LogP contribution is -1.92. The minimum absolute atomic E-state index is 1.14. The van der Waals surface area contributed by atoms with Gasteiger partial charge in [-0.15, -0.1) is 0 Å². The molecule has 0 radical (unpaired) electrons. The second kappa shape index (κ2) is 8.35. The predicted octanol–water partition coefficient (Wildman–Crippen LogP) is 5.31. The molecule has 0 fully saturated rings. The summed E-state index contributed by atoms with van der Waals surface area (Å²) in [5.41, 5.74) is 4.67. The van der Waals surface area contributed by atoms with Crippen LogP contribution < -0.4 is 0 Å². The van der Waals surface area contributed by atoms with E-state index in [0.29, 0.717) is 0 Å². The summed E-state index contributed by atoms with van der Waals surface area (Å²) in [7, 11) is 0. The van der Waals surface area contributed by atoms with Crippen molar-refractivity contribution in [2.45, 2.75) is 20.8 Å². The Labute approximate surface area is 106 Å². The highest BCUT2D eigenvalue weighted by atomic mass is 14.1. The summed E-state index contributed by atoms with van der Waals surface area (Å²) in [4.78, 5) is 0. The van der Waals surface area contributed by atoms with Crippen LogP contribution in [0.5, 0.6) is 0 Å². The first kappa shape index (κ1) is 15.2. The molecule has 0 saturated carbocycles. The summed E-state index contributed by atoms with van der Waals surface area (Å²) in [6, 6.07) is 0. The third-order valence-corrected chi connectivity index (χ3v) is 2.56. The van der Waals surface area contributed by atoms with E-state index >= 15 is 0 Å². The molecule has 0 spiro atoms. The quantitative estimate of drug-likeness (QED) is 0.538. The molecule has 0 aliphatic rings. The van der Waals surface area contributed by atoms with E-state index in [-0.39, 0.29) is 0 Å². The Balaban J connectivity index is 5.80. The molecule has 0 heteroatoms. The van der Waals surface area contributed by atoms with E-state index in [9.17, 15) is 0 Å². The van der Waals surface area contributed by atoms with Gasteiger partial charge in [0.25, 0.3) is 0 Å². The zero-order valence-corrected chi connectivity index (χ0v) is 11.2. The van der Waals surface area contributed by atoms with Gasteiger partial charge in [0.1, 0.15) is 0 Å². The monoisotopic (exact) mass is 226 g/mol. The van der Waals surface area contributed by atoms with Crippen LogP contribution in [-0.4, -0.2) is 0 Å². The van der Waals surface area contributed by atoms with Crippen LogP contribution in [0.15, 0.2) is 84.6 Å². The molecule has 0 aromatic carbocycles. The Morgan fingerprint density at radius 2 is 1.65 bits per heavy atom. The van der Waals surface area contributed by atoms with Gasteiger partial charge in [-0.25, -0.2) is 0 Å². The van der Waals surface area contributed by atoms with Gasteiger partial charge in [0.2, 0.25) is 0 Å². The fourth-order valence-corrected chi connectivity index (χ4v) is 1.41. The van der Waals surface area contributed by atoms with Crippen molar-refractivity contribution in [3.8, 4) is 0 Å². The first-order chi connectivity index (χ1) is 8.12. The van der Waals surface area contributed by atoms with Crippen molar-refractivity contribution in [2.24, 2.45) is 0 Å². The van der Waals surface area contributed by atoms with Gasteiger partial charge in [0.05, 0.1) is 0 Å². The van der Waals surface area contributed by atoms with Crippen LogP contribution in [0, 0.1) is 0 Å². The smallest absolute Gasteiger partial charge is 0.0152 e. The zero-order chi connectivity index (χ0) is 13.3. The molecule has 0 aromatic rings. The van der Waals surface area contributed by atoms with Gasteiger partial charge in [-0.2, -0.15) is 0 Å². The second-order valence-electron chi connectivity index (χ2n) is 3.68. The van der Waals surface area contributed by atoms with E-state index in [2.05, 4.69) is 39.7 Å². The molecule has 0 saturated heterocycles. The fourth-order valence-electron chi connectivity index (χ4n) is 1.41. The highest BCUT2D eigenvalue weighted by Gasteiger charge is 2.05. The zero-order valence-electron chi connectivity index (χ0n) is 11.2. The maximum atomic E-state index is 3.83. The lowest BCUT2D eigenvalue weighted by atomic mass is 9.94. The molecule has 0 unspecified atom stereocenters. The number of hydrogen-bond acceptors (Lipinski definition) is 0. The molecule has 0 heterocycles. The van der Waals surface area contributed by atoms with Gasteiger partial charge in [-0.05, 0) is 43.1 Å². The topological polar surface area (TPSA) is 0 Å². The Hall–Kier alpha value is -1.82. The van der Waals surface area contributed by atoms with Gasteiger partial charge in [0.15, 0.2) is 0 Å². The van der Waals surface area contributed by atoms with Crippen LogP contribution in [0.2, 0.25) is 0 Å². The van der Waals surface area contributed by atoms with E-state index in [1.165, 1.54) is 5.57 Å². The molecule has 0 amide bonds.